The summed E-state index contributed by atoms with van der Waals surface area (Å²) >= 11 is 0. The molecule has 1 aromatic carbocycles. The Balaban J connectivity index is 2.72. The van der Waals surface area contributed by atoms with E-state index in [1.807, 2.05) is 19.9 Å². The molecule has 0 spiro atoms. The highest BCUT2D eigenvalue weighted by atomic mass is 16.5. The third-order valence-corrected chi connectivity index (χ3v) is 3.90. The molecule has 120 valence electrons. The van der Waals surface area contributed by atoms with Crippen LogP contribution in [0.4, 0.5) is 0 Å². The second kappa shape index (κ2) is 8.40. The van der Waals surface area contributed by atoms with Gasteiger partial charge in [-0.2, -0.15) is 0 Å². The molecule has 0 saturated heterocycles. The molecule has 21 heavy (non-hydrogen) atoms. The third kappa shape index (κ3) is 6.06. The van der Waals surface area contributed by atoms with E-state index in [4.69, 9.17) is 4.74 Å². The van der Waals surface area contributed by atoms with Gasteiger partial charge in [0.05, 0.1) is 5.60 Å². The summed E-state index contributed by atoms with van der Waals surface area (Å²) in [6.07, 6.45) is 1.41. The molecule has 3 heteroatoms. The SMILES string of the molecule is CCC(O)(CC)COc1ccc(C)cc1CNCC(C)C. The zero-order valence-electron chi connectivity index (χ0n) is 14.2. The van der Waals surface area contributed by atoms with E-state index in [9.17, 15) is 5.11 Å². The summed E-state index contributed by atoms with van der Waals surface area (Å²) in [4.78, 5) is 0. The molecule has 0 aliphatic heterocycles. The molecule has 0 radical (unpaired) electrons. The lowest BCUT2D eigenvalue weighted by molar-refractivity contribution is -0.0116. The number of ether oxygens (including phenoxy) is 1. The van der Waals surface area contributed by atoms with Crippen molar-refractivity contribution in [2.75, 3.05) is 13.2 Å². The summed E-state index contributed by atoms with van der Waals surface area (Å²) in [6, 6.07) is 6.21. The number of benzene rings is 1. The Labute approximate surface area is 129 Å². The number of hydrogen-bond donors (Lipinski definition) is 2. The van der Waals surface area contributed by atoms with Gasteiger partial charge in [0.1, 0.15) is 12.4 Å². The summed E-state index contributed by atoms with van der Waals surface area (Å²) in [7, 11) is 0. The van der Waals surface area contributed by atoms with Crippen molar-refractivity contribution in [3.8, 4) is 5.75 Å². The Kier molecular flexibility index (Phi) is 7.20. The van der Waals surface area contributed by atoms with Gasteiger partial charge < -0.3 is 15.2 Å². The molecule has 1 aromatic rings. The van der Waals surface area contributed by atoms with Crippen molar-refractivity contribution >= 4 is 0 Å². The minimum Gasteiger partial charge on any atom is -0.490 e. The van der Waals surface area contributed by atoms with Gasteiger partial charge in [-0.3, -0.25) is 0 Å². The monoisotopic (exact) mass is 293 g/mol. The van der Waals surface area contributed by atoms with Crippen LogP contribution in [0.3, 0.4) is 0 Å². The number of aryl methyl sites for hydroxylation is 1. The molecule has 1 rings (SSSR count). The highest BCUT2D eigenvalue weighted by Crippen LogP contribution is 2.23. The molecule has 0 saturated carbocycles. The smallest absolute Gasteiger partial charge is 0.123 e. The molecule has 0 heterocycles. The van der Waals surface area contributed by atoms with Gasteiger partial charge in [-0.15, -0.1) is 0 Å². The molecular formula is C18H31NO2. The summed E-state index contributed by atoms with van der Waals surface area (Å²) in [6.45, 7) is 12.6. The average molecular weight is 293 g/mol. The first-order valence-corrected chi connectivity index (χ1v) is 8.05. The number of rotatable bonds is 9. The Morgan fingerprint density at radius 2 is 1.90 bits per heavy atom. The predicted octanol–water partition coefficient (Wildman–Crippen LogP) is 3.67. The summed E-state index contributed by atoms with van der Waals surface area (Å²) < 4.78 is 5.91. The lowest BCUT2D eigenvalue weighted by atomic mass is 9.99. The fourth-order valence-electron chi connectivity index (χ4n) is 2.15. The van der Waals surface area contributed by atoms with Crippen LogP contribution in [0, 0.1) is 12.8 Å². The standard InChI is InChI=1S/C18H31NO2/c1-6-18(20,7-2)13-21-17-9-8-15(5)10-16(17)12-19-11-14(3)4/h8-10,14,19-20H,6-7,11-13H2,1-5H3. The van der Waals surface area contributed by atoms with Crippen LogP contribution >= 0.6 is 0 Å². The van der Waals surface area contributed by atoms with Crippen molar-refractivity contribution in [2.24, 2.45) is 5.92 Å². The minimum atomic E-state index is -0.729. The molecule has 0 aliphatic carbocycles. The van der Waals surface area contributed by atoms with E-state index in [-0.39, 0.29) is 0 Å². The van der Waals surface area contributed by atoms with Crippen molar-refractivity contribution < 1.29 is 9.84 Å². The molecule has 0 amide bonds. The van der Waals surface area contributed by atoms with Gasteiger partial charge in [0.15, 0.2) is 0 Å². The fraction of sp³-hybridized carbons (Fsp3) is 0.667. The first kappa shape index (κ1) is 18.0. The van der Waals surface area contributed by atoms with Gasteiger partial charge >= 0.3 is 0 Å². The summed E-state index contributed by atoms with van der Waals surface area (Å²) in [5, 5.41) is 13.8. The topological polar surface area (TPSA) is 41.5 Å². The molecule has 0 unspecified atom stereocenters. The molecule has 2 N–H and O–H groups in total. The maximum Gasteiger partial charge on any atom is 0.123 e. The highest BCUT2D eigenvalue weighted by Gasteiger charge is 2.23. The zero-order valence-corrected chi connectivity index (χ0v) is 14.2. The third-order valence-electron chi connectivity index (χ3n) is 3.90. The van der Waals surface area contributed by atoms with Gasteiger partial charge in [-0.05, 0) is 38.3 Å². The molecule has 0 fully saturated rings. The van der Waals surface area contributed by atoms with E-state index >= 15 is 0 Å². The highest BCUT2D eigenvalue weighted by molar-refractivity contribution is 5.37. The van der Waals surface area contributed by atoms with Crippen molar-refractivity contribution in [2.45, 2.75) is 59.6 Å². The molecule has 0 aromatic heterocycles. The Bertz CT molecular complexity index is 425. The zero-order chi connectivity index (χ0) is 15.9. The van der Waals surface area contributed by atoms with Crippen LogP contribution in [0.2, 0.25) is 0 Å². The molecular weight excluding hydrogens is 262 g/mol. The van der Waals surface area contributed by atoms with Crippen LogP contribution in [0.5, 0.6) is 5.75 Å². The Morgan fingerprint density at radius 1 is 1.24 bits per heavy atom. The fourth-order valence-corrected chi connectivity index (χ4v) is 2.15. The maximum atomic E-state index is 10.3. The van der Waals surface area contributed by atoms with Gasteiger partial charge in [-0.1, -0.05) is 45.4 Å². The van der Waals surface area contributed by atoms with Crippen molar-refractivity contribution in [1.82, 2.24) is 5.32 Å². The van der Waals surface area contributed by atoms with E-state index in [0.29, 0.717) is 25.4 Å². The Hall–Kier alpha value is -1.06. The van der Waals surface area contributed by atoms with Crippen LogP contribution in [0.1, 0.15) is 51.7 Å². The summed E-state index contributed by atoms with van der Waals surface area (Å²) in [5.41, 5.74) is 1.66. The number of aliphatic hydroxyl groups is 1. The largest absolute Gasteiger partial charge is 0.490 e. The first-order valence-electron chi connectivity index (χ1n) is 8.05. The number of hydrogen-bond acceptors (Lipinski definition) is 3. The molecule has 0 aliphatic rings. The van der Waals surface area contributed by atoms with Crippen LogP contribution < -0.4 is 10.1 Å². The van der Waals surface area contributed by atoms with E-state index in [2.05, 4.69) is 38.2 Å². The predicted molar refractivity (Wildman–Crippen MR) is 88.8 cm³/mol. The normalized spacial score (nSPS) is 12.0. The Morgan fingerprint density at radius 3 is 2.48 bits per heavy atom. The van der Waals surface area contributed by atoms with E-state index in [0.717, 1.165) is 24.4 Å². The van der Waals surface area contributed by atoms with Gasteiger partial charge in [0, 0.05) is 12.1 Å². The van der Waals surface area contributed by atoms with E-state index < -0.39 is 5.60 Å². The van der Waals surface area contributed by atoms with Crippen LogP contribution in [0.25, 0.3) is 0 Å². The molecule has 0 bridgehead atoms. The van der Waals surface area contributed by atoms with Gasteiger partial charge in [0.25, 0.3) is 0 Å². The van der Waals surface area contributed by atoms with Crippen LogP contribution in [-0.4, -0.2) is 23.9 Å². The number of nitrogens with one attached hydrogen (secondary N) is 1. The first-order chi connectivity index (χ1) is 9.90. The second-order valence-electron chi connectivity index (χ2n) is 6.36. The van der Waals surface area contributed by atoms with Crippen LogP contribution in [-0.2, 0) is 6.54 Å². The van der Waals surface area contributed by atoms with Crippen LogP contribution in [0.15, 0.2) is 18.2 Å². The van der Waals surface area contributed by atoms with Crippen molar-refractivity contribution in [3.05, 3.63) is 29.3 Å². The lowest BCUT2D eigenvalue weighted by Gasteiger charge is -2.26. The quantitative estimate of drug-likeness (QED) is 0.730. The lowest BCUT2D eigenvalue weighted by Crippen LogP contribution is -2.34. The summed E-state index contributed by atoms with van der Waals surface area (Å²) in [5.74, 6) is 1.50. The van der Waals surface area contributed by atoms with Gasteiger partial charge in [0.2, 0.25) is 0 Å². The van der Waals surface area contributed by atoms with E-state index in [1.165, 1.54) is 5.56 Å². The minimum absolute atomic E-state index is 0.347. The second-order valence-corrected chi connectivity index (χ2v) is 6.36. The van der Waals surface area contributed by atoms with E-state index in [1.54, 1.807) is 0 Å². The van der Waals surface area contributed by atoms with Gasteiger partial charge in [-0.25, -0.2) is 0 Å². The van der Waals surface area contributed by atoms with Crippen molar-refractivity contribution in [3.63, 3.8) is 0 Å². The average Bonchev–Trinajstić information content (AvgIpc) is 2.45. The molecule has 3 nitrogen and oxygen atoms in total. The maximum absolute atomic E-state index is 10.3. The molecule has 0 atom stereocenters. The van der Waals surface area contributed by atoms with Crippen molar-refractivity contribution in [1.29, 1.82) is 0 Å².